The predicted molar refractivity (Wildman–Crippen MR) is 64.4 cm³/mol. The first-order valence-electron chi connectivity index (χ1n) is 5.62. The van der Waals surface area contributed by atoms with E-state index >= 15 is 0 Å². The van der Waals surface area contributed by atoms with Crippen LogP contribution in [0.15, 0.2) is 48.8 Å². The molecule has 1 aromatic heterocycles. The fraction of sp³-hybridized carbons (Fsp3) is 0.286. The Balaban J connectivity index is 2.11. The average Bonchev–Trinajstić information content (AvgIpc) is 2.80. The van der Waals surface area contributed by atoms with E-state index in [4.69, 9.17) is 0 Å². The van der Waals surface area contributed by atoms with Gasteiger partial charge in [-0.1, -0.05) is 25.5 Å². The van der Waals surface area contributed by atoms with Gasteiger partial charge in [-0.15, -0.1) is 0 Å². The number of unbranched alkanes of at least 4 members (excludes halogenated alkanes) is 1. The third kappa shape index (κ3) is 2.50. The maximum absolute atomic E-state index is 2.23. The van der Waals surface area contributed by atoms with Crippen LogP contribution >= 0.6 is 0 Å². The first kappa shape index (κ1) is 10.0. The van der Waals surface area contributed by atoms with Crippen molar-refractivity contribution in [3.63, 3.8) is 0 Å². The van der Waals surface area contributed by atoms with Gasteiger partial charge in [0.2, 0.25) is 0 Å². The molecule has 2 rings (SSSR count). The zero-order valence-electron chi connectivity index (χ0n) is 9.19. The summed E-state index contributed by atoms with van der Waals surface area (Å²) in [6, 6.07) is 12.9. The van der Waals surface area contributed by atoms with Gasteiger partial charge in [0, 0.05) is 18.1 Å². The van der Waals surface area contributed by atoms with Crippen LogP contribution in [0.4, 0.5) is 0 Å². The molecule has 0 aliphatic heterocycles. The standard InChI is InChI=1S/C14H17N/c1-2-3-6-13-7-9-14(10-8-13)15-11-4-5-12-15/h4-5,7-12H,2-3,6H2,1H3. The fourth-order valence-corrected chi connectivity index (χ4v) is 1.72. The van der Waals surface area contributed by atoms with Crippen molar-refractivity contribution in [3.8, 4) is 5.69 Å². The molecule has 0 unspecified atom stereocenters. The van der Waals surface area contributed by atoms with Gasteiger partial charge in [0.25, 0.3) is 0 Å². The predicted octanol–water partition coefficient (Wildman–Crippen LogP) is 3.82. The molecule has 1 heterocycles. The molecule has 0 amide bonds. The van der Waals surface area contributed by atoms with Crippen molar-refractivity contribution in [1.29, 1.82) is 0 Å². The molecule has 2 aromatic rings. The Kier molecular flexibility index (Phi) is 3.23. The zero-order chi connectivity index (χ0) is 10.5. The molecule has 0 spiro atoms. The van der Waals surface area contributed by atoms with Gasteiger partial charge < -0.3 is 4.57 Å². The summed E-state index contributed by atoms with van der Waals surface area (Å²) in [5.41, 5.74) is 2.67. The smallest absolute Gasteiger partial charge is 0.0449 e. The van der Waals surface area contributed by atoms with Crippen molar-refractivity contribution in [2.75, 3.05) is 0 Å². The lowest BCUT2D eigenvalue weighted by Gasteiger charge is -2.04. The molecular weight excluding hydrogens is 182 g/mol. The van der Waals surface area contributed by atoms with Crippen molar-refractivity contribution in [2.24, 2.45) is 0 Å². The number of hydrogen-bond donors (Lipinski definition) is 0. The highest BCUT2D eigenvalue weighted by Crippen LogP contribution is 2.11. The summed E-state index contributed by atoms with van der Waals surface area (Å²) in [6.07, 6.45) is 7.88. The summed E-state index contributed by atoms with van der Waals surface area (Å²) in [5.74, 6) is 0. The van der Waals surface area contributed by atoms with Gasteiger partial charge in [0.05, 0.1) is 0 Å². The second-order valence-electron chi connectivity index (χ2n) is 3.86. The molecule has 0 saturated heterocycles. The van der Waals surface area contributed by atoms with Crippen LogP contribution in [-0.2, 0) is 6.42 Å². The molecule has 0 aliphatic rings. The van der Waals surface area contributed by atoms with Crippen LogP contribution in [0.1, 0.15) is 25.3 Å². The number of rotatable bonds is 4. The molecule has 15 heavy (non-hydrogen) atoms. The first-order valence-corrected chi connectivity index (χ1v) is 5.62. The van der Waals surface area contributed by atoms with Crippen molar-refractivity contribution in [3.05, 3.63) is 54.4 Å². The van der Waals surface area contributed by atoms with Crippen LogP contribution in [0.5, 0.6) is 0 Å². The largest absolute Gasteiger partial charge is 0.324 e. The topological polar surface area (TPSA) is 4.93 Å². The van der Waals surface area contributed by atoms with Gasteiger partial charge in [-0.05, 0) is 42.7 Å². The van der Waals surface area contributed by atoms with Crippen molar-refractivity contribution in [2.45, 2.75) is 26.2 Å². The van der Waals surface area contributed by atoms with E-state index in [2.05, 4.69) is 48.1 Å². The first-order chi connectivity index (χ1) is 7.40. The SMILES string of the molecule is CCCCc1ccc(-n2cccc2)cc1. The highest BCUT2D eigenvalue weighted by atomic mass is 14.9. The molecule has 0 aliphatic carbocycles. The summed E-state index contributed by atoms with van der Waals surface area (Å²) < 4.78 is 2.13. The Bertz CT molecular complexity index is 384. The van der Waals surface area contributed by atoms with Gasteiger partial charge in [-0.3, -0.25) is 0 Å². The highest BCUT2D eigenvalue weighted by molar-refractivity contribution is 5.35. The molecule has 0 fully saturated rings. The Morgan fingerprint density at radius 2 is 1.67 bits per heavy atom. The van der Waals surface area contributed by atoms with Gasteiger partial charge in [0.1, 0.15) is 0 Å². The molecule has 0 saturated carbocycles. The van der Waals surface area contributed by atoms with E-state index in [0.29, 0.717) is 0 Å². The number of nitrogens with zero attached hydrogens (tertiary/aromatic N) is 1. The molecule has 0 bridgehead atoms. The zero-order valence-corrected chi connectivity index (χ0v) is 9.19. The number of aromatic nitrogens is 1. The lowest BCUT2D eigenvalue weighted by atomic mass is 10.1. The van der Waals surface area contributed by atoms with Crippen molar-refractivity contribution >= 4 is 0 Å². The molecule has 0 N–H and O–H groups in total. The van der Waals surface area contributed by atoms with Crippen LogP contribution in [0, 0.1) is 0 Å². The van der Waals surface area contributed by atoms with E-state index in [9.17, 15) is 0 Å². The lowest BCUT2D eigenvalue weighted by molar-refractivity contribution is 0.795. The molecule has 78 valence electrons. The third-order valence-electron chi connectivity index (χ3n) is 2.66. The molecule has 1 nitrogen and oxygen atoms in total. The van der Waals surface area contributed by atoms with Gasteiger partial charge in [-0.2, -0.15) is 0 Å². The number of aryl methyl sites for hydroxylation is 1. The lowest BCUT2D eigenvalue weighted by Crippen LogP contribution is -1.90. The van der Waals surface area contributed by atoms with E-state index in [1.807, 2.05) is 12.1 Å². The van der Waals surface area contributed by atoms with Crippen LogP contribution in [0.2, 0.25) is 0 Å². The van der Waals surface area contributed by atoms with E-state index in [0.717, 1.165) is 0 Å². The van der Waals surface area contributed by atoms with Crippen LogP contribution < -0.4 is 0 Å². The van der Waals surface area contributed by atoms with E-state index in [1.54, 1.807) is 0 Å². The third-order valence-corrected chi connectivity index (χ3v) is 2.66. The maximum Gasteiger partial charge on any atom is 0.0449 e. The molecule has 0 radical (unpaired) electrons. The minimum atomic E-state index is 1.20. The summed E-state index contributed by atoms with van der Waals surface area (Å²) in [4.78, 5) is 0. The minimum absolute atomic E-state index is 1.20. The molecular formula is C14H17N. The fourth-order valence-electron chi connectivity index (χ4n) is 1.72. The Morgan fingerprint density at radius 3 is 2.27 bits per heavy atom. The summed E-state index contributed by atoms with van der Waals surface area (Å²) in [5, 5.41) is 0. The Labute approximate surface area is 91.4 Å². The van der Waals surface area contributed by atoms with E-state index in [1.165, 1.54) is 30.5 Å². The highest BCUT2D eigenvalue weighted by Gasteiger charge is 1.95. The summed E-state index contributed by atoms with van der Waals surface area (Å²) in [6.45, 7) is 2.23. The van der Waals surface area contributed by atoms with E-state index < -0.39 is 0 Å². The van der Waals surface area contributed by atoms with Gasteiger partial charge in [-0.25, -0.2) is 0 Å². The normalized spacial score (nSPS) is 10.5. The van der Waals surface area contributed by atoms with Crippen LogP contribution in [0.3, 0.4) is 0 Å². The van der Waals surface area contributed by atoms with E-state index in [-0.39, 0.29) is 0 Å². The monoisotopic (exact) mass is 199 g/mol. The minimum Gasteiger partial charge on any atom is -0.324 e. The second-order valence-corrected chi connectivity index (χ2v) is 3.86. The summed E-state index contributed by atoms with van der Waals surface area (Å²) in [7, 11) is 0. The van der Waals surface area contributed by atoms with Gasteiger partial charge in [0.15, 0.2) is 0 Å². The average molecular weight is 199 g/mol. The second kappa shape index (κ2) is 4.83. The van der Waals surface area contributed by atoms with Crippen molar-refractivity contribution in [1.82, 2.24) is 4.57 Å². The summed E-state index contributed by atoms with van der Waals surface area (Å²) >= 11 is 0. The van der Waals surface area contributed by atoms with Crippen LogP contribution in [0.25, 0.3) is 5.69 Å². The Hall–Kier alpha value is -1.50. The van der Waals surface area contributed by atoms with Crippen molar-refractivity contribution < 1.29 is 0 Å². The Morgan fingerprint density at radius 1 is 1.00 bits per heavy atom. The quantitative estimate of drug-likeness (QED) is 0.705. The number of benzene rings is 1. The molecule has 0 atom stereocenters. The maximum atomic E-state index is 2.23. The van der Waals surface area contributed by atoms with Gasteiger partial charge >= 0.3 is 0 Å². The molecule has 1 heteroatoms. The number of hydrogen-bond acceptors (Lipinski definition) is 0. The van der Waals surface area contributed by atoms with Crippen LogP contribution in [-0.4, -0.2) is 4.57 Å². The molecule has 1 aromatic carbocycles.